The molecular formula is C10H13N3OS. The number of thiazole rings is 1. The van der Waals surface area contributed by atoms with E-state index >= 15 is 0 Å². The van der Waals surface area contributed by atoms with E-state index in [9.17, 15) is 4.79 Å². The molecule has 80 valence electrons. The summed E-state index contributed by atoms with van der Waals surface area (Å²) in [5, 5.41) is 12.0. The average Bonchev–Trinajstić information content (AvgIpc) is 2.60. The smallest absolute Gasteiger partial charge is 0.243 e. The summed E-state index contributed by atoms with van der Waals surface area (Å²) in [4.78, 5) is 16.6. The van der Waals surface area contributed by atoms with Crippen LogP contribution in [0.2, 0.25) is 0 Å². The normalized spacial score (nSPS) is 11.8. The molecule has 1 N–H and O–H groups in total. The molecule has 1 heterocycles. The Morgan fingerprint density at radius 2 is 2.53 bits per heavy atom. The summed E-state index contributed by atoms with van der Waals surface area (Å²) in [6.07, 6.45) is 3.11. The Bertz CT molecular complexity index is 380. The maximum Gasteiger partial charge on any atom is 0.243 e. The van der Waals surface area contributed by atoms with Gasteiger partial charge in [-0.15, -0.1) is 11.3 Å². The van der Waals surface area contributed by atoms with Crippen molar-refractivity contribution < 1.29 is 4.79 Å². The second kappa shape index (κ2) is 5.47. The van der Waals surface area contributed by atoms with Crippen LogP contribution in [0.15, 0.2) is 6.20 Å². The highest BCUT2D eigenvalue weighted by Gasteiger charge is 2.17. The third-order valence-electron chi connectivity index (χ3n) is 1.90. The molecule has 0 aliphatic carbocycles. The van der Waals surface area contributed by atoms with E-state index in [1.54, 1.807) is 6.20 Å². The molecular weight excluding hydrogens is 210 g/mol. The first-order valence-electron chi connectivity index (χ1n) is 4.80. The first kappa shape index (κ1) is 11.7. The predicted octanol–water partition coefficient (Wildman–Crippen LogP) is 2.33. The molecule has 1 aromatic rings. The first-order chi connectivity index (χ1) is 7.17. The van der Waals surface area contributed by atoms with Gasteiger partial charge in [-0.3, -0.25) is 4.79 Å². The summed E-state index contributed by atoms with van der Waals surface area (Å²) in [7, 11) is 0. The maximum atomic E-state index is 11.6. The molecule has 0 aliphatic heterocycles. The zero-order chi connectivity index (χ0) is 11.3. The van der Waals surface area contributed by atoms with Crippen molar-refractivity contribution in [3.05, 3.63) is 11.1 Å². The van der Waals surface area contributed by atoms with E-state index in [4.69, 9.17) is 5.26 Å². The number of aryl methyl sites for hydroxylation is 1. The second-order valence-electron chi connectivity index (χ2n) is 3.24. The van der Waals surface area contributed by atoms with E-state index in [0.717, 1.165) is 11.3 Å². The van der Waals surface area contributed by atoms with E-state index < -0.39 is 5.92 Å². The Morgan fingerprint density at radius 1 is 1.80 bits per heavy atom. The van der Waals surface area contributed by atoms with Gasteiger partial charge < -0.3 is 5.32 Å². The minimum atomic E-state index is -0.570. The van der Waals surface area contributed by atoms with Crippen LogP contribution < -0.4 is 5.32 Å². The van der Waals surface area contributed by atoms with Crippen LogP contribution in [-0.2, 0) is 4.79 Å². The van der Waals surface area contributed by atoms with Gasteiger partial charge in [0.25, 0.3) is 0 Å². The van der Waals surface area contributed by atoms with E-state index in [1.807, 2.05) is 19.9 Å². The molecule has 0 spiro atoms. The number of nitrogens with one attached hydrogen (secondary N) is 1. The van der Waals surface area contributed by atoms with Crippen molar-refractivity contribution in [1.29, 1.82) is 5.26 Å². The third-order valence-corrected chi connectivity index (χ3v) is 2.73. The van der Waals surface area contributed by atoms with Crippen molar-refractivity contribution in [3.63, 3.8) is 0 Å². The van der Waals surface area contributed by atoms with Crippen LogP contribution in [-0.4, -0.2) is 10.9 Å². The molecule has 4 nitrogen and oxygen atoms in total. The molecule has 5 heteroatoms. The molecule has 1 atom stereocenters. The lowest BCUT2D eigenvalue weighted by atomic mass is 10.1. The molecule has 0 aromatic carbocycles. The summed E-state index contributed by atoms with van der Waals surface area (Å²) in [6, 6.07) is 1.99. The van der Waals surface area contributed by atoms with Gasteiger partial charge in [0.15, 0.2) is 5.13 Å². The summed E-state index contributed by atoms with van der Waals surface area (Å²) < 4.78 is 0. The average molecular weight is 223 g/mol. The third kappa shape index (κ3) is 3.33. The van der Waals surface area contributed by atoms with Crippen molar-refractivity contribution in [1.82, 2.24) is 4.98 Å². The second-order valence-corrected chi connectivity index (χ2v) is 4.47. The molecule has 15 heavy (non-hydrogen) atoms. The van der Waals surface area contributed by atoms with E-state index in [-0.39, 0.29) is 5.91 Å². The topological polar surface area (TPSA) is 65.8 Å². The molecule has 0 fully saturated rings. The molecule has 0 saturated carbocycles. The van der Waals surface area contributed by atoms with Crippen molar-refractivity contribution >= 4 is 22.4 Å². The van der Waals surface area contributed by atoms with Crippen LogP contribution >= 0.6 is 11.3 Å². The molecule has 1 aromatic heterocycles. The minimum absolute atomic E-state index is 0.256. The van der Waals surface area contributed by atoms with Gasteiger partial charge in [-0.2, -0.15) is 5.26 Å². The molecule has 1 unspecified atom stereocenters. The quantitative estimate of drug-likeness (QED) is 0.851. The van der Waals surface area contributed by atoms with Gasteiger partial charge in [0.2, 0.25) is 5.91 Å². The van der Waals surface area contributed by atoms with Crippen LogP contribution in [0.1, 0.15) is 24.6 Å². The van der Waals surface area contributed by atoms with Gasteiger partial charge in [-0.1, -0.05) is 13.3 Å². The highest BCUT2D eigenvalue weighted by atomic mass is 32.1. The predicted molar refractivity (Wildman–Crippen MR) is 59.5 cm³/mol. The van der Waals surface area contributed by atoms with Gasteiger partial charge in [-0.25, -0.2) is 4.98 Å². The van der Waals surface area contributed by atoms with Gasteiger partial charge in [-0.05, 0) is 13.3 Å². The van der Waals surface area contributed by atoms with Crippen LogP contribution in [0.4, 0.5) is 5.13 Å². The van der Waals surface area contributed by atoms with Crippen LogP contribution in [0.3, 0.4) is 0 Å². The fraction of sp³-hybridized carbons (Fsp3) is 0.500. The first-order valence-corrected chi connectivity index (χ1v) is 5.62. The Hall–Kier alpha value is -1.41. The zero-order valence-electron chi connectivity index (χ0n) is 8.78. The van der Waals surface area contributed by atoms with E-state index in [1.165, 1.54) is 11.3 Å². The number of amides is 1. The van der Waals surface area contributed by atoms with Gasteiger partial charge >= 0.3 is 0 Å². The summed E-state index contributed by atoms with van der Waals surface area (Å²) in [6.45, 7) is 3.87. The fourth-order valence-electron chi connectivity index (χ4n) is 1.15. The standard InChI is InChI=1S/C10H13N3OS/c1-3-4-8(5-11)9(14)13-10-12-6-7(2)15-10/h6,8H,3-4H2,1-2H3,(H,12,13,14). The lowest BCUT2D eigenvalue weighted by Crippen LogP contribution is -2.21. The highest BCUT2D eigenvalue weighted by Crippen LogP contribution is 2.18. The fourth-order valence-corrected chi connectivity index (χ4v) is 1.82. The van der Waals surface area contributed by atoms with E-state index in [0.29, 0.717) is 11.6 Å². The number of hydrogen-bond donors (Lipinski definition) is 1. The highest BCUT2D eigenvalue weighted by molar-refractivity contribution is 7.15. The van der Waals surface area contributed by atoms with E-state index in [2.05, 4.69) is 10.3 Å². The maximum absolute atomic E-state index is 11.6. The summed E-state index contributed by atoms with van der Waals surface area (Å²) in [5.41, 5.74) is 0. The molecule has 0 saturated heterocycles. The monoisotopic (exact) mass is 223 g/mol. The number of carbonyl (C=O) groups excluding carboxylic acids is 1. The summed E-state index contributed by atoms with van der Waals surface area (Å²) >= 11 is 1.41. The van der Waals surface area contributed by atoms with Crippen molar-refractivity contribution in [2.24, 2.45) is 5.92 Å². The van der Waals surface area contributed by atoms with Crippen molar-refractivity contribution in [2.45, 2.75) is 26.7 Å². The van der Waals surface area contributed by atoms with Gasteiger partial charge in [0, 0.05) is 11.1 Å². The van der Waals surface area contributed by atoms with Crippen LogP contribution in [0.25, 0.3) is 0 Å². The van der Waals surface area contributed by atoms with Crippen molar-refractivity contribution in [2.75, 3.05) is 5.32 Å². The number of nitriles is 1. The number of rotatable bonds is 4. The van der Waals surface area contributed by atoms with Gasteiger partial charge in [0.05, 0.1) is 6.07 Å². The van der Waals surface area contributed by atoms with Gasteiger partial charge in [0.1, 0.15) is 5.92 Å². The number of aromatic nitrogens is 1. The van der Waals surface area contributed by atoms with Crippen LogP contribution in [0, 0.1) is 24.2 Å². The Balaban J connectivity index is 2.58. The minimum Gasteiger partial charge on any atom is -0.301 e. The number of carbonyl (C=O) groups is 1. The SMILES string of the molecule is CCCC(C#N)C(=O)Nc1ncc(C)s1. The lowest BCUT2D eigenvalue weighted by molar-refractivity contribution is -0.118. The summed E-state index contributed by atoms with van der Waals surface area (Å²) in [5.74, 6) is -0.826. The zero-order valence-corrected chi connectivity index (χ0v) is 9.60. The number of anilines is 1. The molecule has 1 amide bonds. The molecule has 1 rings (SSSR count). The Morgan fingerprint density at radius 3 is 3.00 bits per heavy atom. The number of hydrogen-bond acceptors (Lipinski definition) is 4. The lowest BCUT2D eigenvalue weighted by Gasteiger charge is -2.05. The largest absolute Gasteiger partial charge is 0.301 e. The molecule has 0 radical (unpaired) electrons. The van der Waals surface area contributed by atoms with Crippen molar-refractivity contribution in [3.8, 4) is 6.07 Å². The number of nitrogens with zero attached hydrogens (tertiary/aromatic N) is 2. The Kier molecular flexibility index (Phi) is 4.25. The molecule has 0 aliphatic rings. The molecule has 0 bridgehead atoms. The Labute approximate surface area is 92.9 Å². The van der Waals surface area contributed by atoms with Crippen LogP contribution in [0.5, 0.6) is 0 Å².